The fourth-order valence-corrected chi connectivity index (χ4v) is 4.30. The lowest BCUT2D eigenvalue weighted by molar-refractivity contribution is -0.137. The van der Waals surface area contributed by atoms with Gasteiger partial charge in [0.2, 0.25) is 11.8 Å². The number of rotatable bonds is 6. The summed E-state index contributed by atoms with van der Waals surface area (Å²) in [6.07, 6.45) is 4.71. The number of benzene rings is 1. The summed E-state index contributed by atoms with van der Waals surface area (Å²) in [7, 11) is 0. The van der Waals surface area contributed by atoms with E-state index in [-0.39, 0.29) is 24.1 Å². The Morgan fingerprint density at radius 2 is 1.85 bits per heavy atom. The van der Waals surface area contributed by atoms with Crippen LogP contribution < -0.4 is 5.32 Å². The Labute approximate surface area is 168 Å². The van der Waals surface area contributed by atoms with Gasteiger partial charge in [-0.05, 0) is 46.5 Å². The van der Waals surface area contributed by atoms with Gasteiger partial charge in [-0.15, -0.1) is 0 Å². The van der Waals surface area contributed by atoms with Crippen LogP contribution in [0.3, 0.4) is 0 Å². The molecular weight excluding hydrogens is 413 g/mol. The van der Waals surface area contributed by atoms with Crippen molar-refractivity contribution in [1.82, 2.24) is 15.1 Å². The molecule has 2 fully saturated rings. The van der Waals surface area contributed by atoms with E-state index in [1.165, 1.54) is 18.9 Å². The van der Waals surface area contributed by atoms with Crippen molar-refractivity contribution in [2.45, 2.75) is 32.1 Å². The zero-order valence-corrected chi connectivity index (χ0v) is 17.1. The molecule has 1 aliphatic carbocycles. The molecule has 1 aromatic carbocycles. The Hall–Kier alpha value is -1.47. The zero-order valence-electron chi connectivity index (χ0n) is 15.6. The molecule has 1 saturated carbocycles. The lowest BCUT2D eigenvalue weighted by Crippen LogP contribution is -2.51. The Balaban J connectivity index is 1.33. The summed E-state index contributed by atoms with van der Waals surface area (Å²) in [4.78, 5) is 28.8. The van der Waals surface area contributed by atoms with Crippen molar-refractivity contribution in [3.63, 3.8) is 0 Å². The van der Waals surface area contributed by atoms with Gasteiger partial charge in [0.25, 0.3) is 0 Å². The van der Waals surface area contributed by atoms with Crippen molar-refractivity contribution >= 4 is 27.7 Å². The SMILES string of the molecule is O=C(Cc1ccc(F)c(Br)c1)NCCN1CCN(C(=O)C2CCCC2)CC1. The van der Waals surface area contributed by atoms with Crippen LogP contribution in [0.1, 0.15) is 31.2 Å². The van der Waals surface area contributed by atoms with Crippen molar-refractivity contribution in [2.24, 2.45) is 5.92 Å². The first-order valence-electron chi connectivity index (χ1n) is 9.74. The highest BCUT2D eigenvalue weighted by Gasteiger charge is 2.29. The van der Waals surface area contributed by atoms with Gasteiger partial charge in [-0.2, -0.15) is 0 Å². The average molecular weight is 440 g/mol. The van der Waals surface area contributed by atoms with Crippen LogP contribution in [0, 0.1) is 11.7 Å². The predicted molar refractivity (Wildman–Crippen MR) is 106 cm³/mol. The maximum absolute atomic E-state index is 13.2. The van der Waals surface area contributed by atoms with Gasteiger partial charge in [-0.3, -0.25) is 14.5 Å². The van der Waals surface area contributed by atoms with Gasteiger partial charge in [0.05, 0.1) is 10.9 Å². The molecule has 1 saturated heterocycles. The number of nitrogens with zero attached hydrogens (tertiary/aromatic N) is 2. The third-order valence-electron chi connectivity index (χ3n) is 5.49. The Morgan fingerprint density at radius 3 is 2.52 bits per heavy atom. The fraction of sp³-hybridized carbons (Fsp3) is 0.600. The number of hydrogen-bond acceptors (Lipinski definition) is 3. The van der Waals surface area contributed by atoms with Crippen LogP contribution in [-0.2, 0) is 16.0 Å². The van der Waals surface area contributed by atoms with Gasteiger partial charge in [-0.1, -0.05) is 18.9 Å². The quantitative estimate of drug-likeness (QED) is 0.740. The maximum atomic E-state index is 13.2. The van der Waals surface area contributed by atoms with E-state index in [1.807, 2.05) is 4.90 Å². The fourth-order valence-electron chi connectivity index (χ4n) is 3.87. The normalized spacial score (nSPS) is 18.7. The molecular formula is C20H27BrFN3O2. The first-order valence-corrected chi connectivity index (χ1v) is 10.5. The summed E-state index contributed by atoms with van der Waals surface area (Å²) in [5.74, 6) is 0.196. The minimum atomic E-state index is -0.329. The molecule has 1 N–H and O–H groups in total. The van der Waals surface area contributed by atoms with Gasteiger partial charge in [0.15, 0.2) is 0 Å². The summed E-state index contributed by atoms with van der Waals surface area (Å²) in [6, 6.07) is 4.62. The number of amides is 2. The second kappa shape index (κ2) is 9.64. The van der Waals surface area contributed by atoms with Crippen molar-refractivity contribution in [3.05, 3.63) is 34.1 Å². The predicted octanol–water partition coefficient (Wildman–Crippen LogP) is 2.58. The van der Waals surface area contributed by atoms with E-state index in [9.17, 15) is 14.0 Å². The van der Waals surface area contributed by atoms with E-state index in [0.29, 0.717) is 16.9 Å². The highest BCUT2D eigenvalue weighted by Crippen LogP contribution is 2.26. The molecule has 1 aliphatic heterocycles. The van der Waals surface area contributed by atoms with Crippen LogP contribution in [0.2, 0.25) is 0 Å². The molecule has 5 nitrogen and oxygen atoms in total. The molecule has 148 valence electrons. The third-order valence-corrected chi connectivity index (χ3v) is 6.09. The smallest absolute Gasteiger partial charge is 0.225 e. The van der Waals surface area contributed by atoms with Crippen LogP contribution in [0.15, 0.2) is 22.7 Å². The molecule has 1 aromatic rings. The third kappa shape index (κ3) is 5.75. The van der Waals surface area contributed by atoms with Crippen LogP contribution >= 0.6 is 15.9 Å². The van der Waals surface area contributed by atoms with Gasteiger partial charge in [0, 0.05) is 45.2 Å². The topological polar surface area (TPSA) is 52.7 Å². The van der Waals surface area contributed by atoms with E-state index in [4.69, 9.17) is 0 Å². The van der Waals surface area contributed by atoms with Crippen LogP contribution in [-0.4, -0.2) is 60.9 Å². The molecule has 0 radical (unpaired) electrons. The van der Waals surface area contributed by atoms with Gasteiger partial charge >= 0.3 is 0 Å². The molecule has 0 unspecified atom stereocenters. The second-order valence-corrected chi connectivity index (χ2v) is 8.28. The van der Waals surface area contributed by atoms with E-state index >= 15 is 0 Å². The van der Waals surface area contributed by atoms with Crippen molar-refractivity contribution in [3.8, 4) is 0 Å². The first-order chi connectivity index (χ1) is 13.0. The summed E-state index contributed by atoms with van der Waals surface area (Å²) in [5.41, 5.74) is 0.778. The van der Waals surface area contributed by atoms with E-state index < -0.39 is 0 Å². The molecule has 27 heavy (non-hydrogen) atoms. The number of carbonyl (C=O) groups is 2. The molecule has 2 aliphatic rings. The van der Waals surface area contributed by atoms with Gasteiger partial charge in [0.1, 0.15) is 5.82 Å². The monoisotopic (exact) mass is 439 g/mol. The van der Waals surface area contributed by atoms with Gasteiger partial charge < -0.3 is 10.2 Å². The van der Waals surface area contributed by atoms with Crippen molar-refractivity contribution < 1.29 is 14.0 Å². The molecule has 2 amide bonds. The van der Waals surface area contributed by atoms with E-state index in [1.54, 1.807) is 12.1 Å². The minimum absolute atomic E-state index is 0.0662. The molecule has 0 bridgehead atoms. The lowest BCUT2D eigenvalue weighted by Gasteiger charge is -2.36. The number of hydrogen-bond donors (Lipinski definition) is 1. The Bertz CT molecular complexity index is 671. The summed E-state index contributed by atoms with van der Waals surface area (Å²) in [5, 5.41) is 2.92. The largest absolute Gasteiger partial charge is 0.355 e. The Kier molecular flexibility index (Phi) is 7.24. The number of carbonyl (C=O) groups excluding carboxylic acids is 2. The van der Waals surface area contributed by atoms with Gasteiger partial charge in [-0.25, -0.2) is 4.39 Å². The summed E-state index contributed by atoms with van der Waals surface area (Å²) >= 11 is 3.14. The highest BCUT2D eigenvalue weighted by atomic mass is 79.9. The summed E-state index contributed by atoms with van der Waals surface area (Å²) in [6.45, 7) is 4.65. The molecule has 7 heteroatoms. The van der Waals surface area contributed by atoms with Crippen LogP contribution in [0.4, 0.5) is 4.39 Å². The first kappa shape index (κ1) is 20.3. The van der Waals surface area contributed by atoms with Crippen molar-refractivity contribution in [2.75, 3.05) is 39.3 Å². The standard InChI is InChI=1S/C20H27BrFN3O2/c21-17-13-15(5-6-18(17)22)14-19(26)23-7-8-24-9-11-25(12-10-24)20(27)16-3-1-2-4-16/h5-6,13,16H,1-4,7-12,14H2,(H,23,26). The molecule has 0 aromatic heterocycles. The molecule has 0 atom stereocenters. The molecule has 3 rings (SSSR count). The van der Waals surface area contributed by atoms with E-state index in [2.05, 4.69) is 26.1 Å². The van der Waals surface area contributed by atoms with Crippen molar-refractivity contribution in [1.29, 1.82) is 0 Å². The van der Waals surface area contributed by atoms with Crippen LogP contribution in [0.5, 0.6) is 0 Å². The zero-order chi connectivity index (χ0) is 19.2. The highest BCUT2D eigenvalue weighted by molar-refractivity contribution is 9.10. The second-order valence-electron chi connectivity index (χ2n) is 7.42. The number of nitrogens with one attached hydrogen (secondary N) is 1. The average Bonchev–Trinajstić information content (AvgIpc) is 3.19. The molecule has 0 spiro atoms. The lowest BCUT2D eigenvalue weighted by atomic mass is 10.1. The molecule has 1 heterocycles. The maximum Gasteiger partial charge on any atom is 0.225 e. The van der Waals surface area contributed by atoms with Crippen LogP contribution in [0.25, 0.3) is 0 Å². The number of halogens is 2. The minimum Gasteiger partial charge on any atom is -0.355 e. The number of piperazine rings is 1. The summed E-state index contributed by atoms with van der Waals surface area (Å²) < 4.78 is 13.6. The van der Waals surface area contributed by atoms with E-state index in [0.717, 1.165) is 51.1 Å². The Morgan fingerprint density at radius 1 is 1.15 bits per heavy atom.